The molecular weight excluding hydrogens is 348 g/mol. The van der Waals surface area contributed by atoms with Gasteiger partial charge in [-0.05, 0) is 61.3 Å². The van der Waals surface area contributed by atoms with E-state index in [1.807, 2.05) is 18.2 Å². The fraction of sp³-hybridized carbons (Fsp3) is 0.273. The quantitative estimate of drug-likeness (QED) is 0.513. The third-order valence-electron chi connectivity index (χ3n) is 5.74. The van der Waals surface area contributed by atoms with Crippen LogP contribution in [0.2, 0.25) is 0 Å². The Morgan fingerprint density at radius 3 is 2.93 bits per heavy atom. The molecule has 1 fully saturated rings. The Kier molecular flexibility index (Phi) is 4.12. The highest BCUT2D eigenvalue weighted by atomic mass is 15.1. The lowest BCUT2D eigenvalue weighted by Gasteiger charge is -2.15. The third kappa shape index (κ3) is 2.95. The summed E-state index contributed by atoms with van der Waals surface area (Å²) in [5.41, 5.74) is 11.6. The Labute approximate surface area is 162 Å². The molecule has 0 radical (unpaired) electrons. The molecule has 1 atom stereocenters. The molecule has 140 valence electrons. The number of hydrogen-bond acceptors (Lipinski definition) is 4. The van der Waals surface area contributed by atoms with Crippen LogP contribution < -0.4 is 5.73 Å². The van der Waals surface area contributed by atoms with Crippen molar-refractivity contribution < 1.29 is 0 Å². The SMILES string of the molecule is N#Cc1ccc2c(-c3cc4ccc(CN5CCC(CN)C5)cc4[nH]3)n[nH]c2c1. The van der Waals surface area contributed by atoms with Gasteiger partial charge in [0.25, 0.3) is 0 Å². The summed E-state index contributed by atoms with van der Waals surface area (Å²) in [6.07, 6.45) is 1.20. The number of nitrogens with two attached hydrogens (primary N) is 1. The summed E-state index contributed by atoms with van der Waals surface area (Å²) in [6.45, 7) is 3.96. The fourth-order valence-corrected chi connectivity index (χ4v) is 4.20. The standard InChI is InChI=1S/C22H22N6/c23-10-14-2-4-18-20(7-14)26-27-22(18)21-9-17-3-1-15(8-19(17)25-21)12-28-6-5-16(11-24)13-28/h1-4,7-9,16,25H,5-6,11-13,24H2,(H,26,27). The second-order valence-corrected chi connectivity index (χ2v) is 7.67. The minimum Gasteiger partial charge on any atom is -0.353 e. The average molecular weight is 370 g/mol. The molecular formula is C22H22N6. The highest BCUT2D eigenvalue weighted by Crippen LogP contribution is 2.30. The maximum absolute atomic E-state index is 9.07. The van der Waals surface area contributed by atoms with Crippen LogP contribution in [-0.2, 0) is 6.54 Å². The first kappa shape index (κ1) is 17.0. The average Bonchev–Trinajstić information content (AvgIpc) is 3.44. The summed E-state index contributed by atoms with van der Waals surface area (Å²) in [4.78, 5) is 6.00. The van der Waals surface area contributed by atoms with E-state index in [0.717, 1.165) is 54.0 Å². The monoisotopic (exact) mass is 370 g/mol. The maximum Gasteiger partial charge on any atom is 0.116 e. The first-order chi connectivity index (χ1) is 13.7. The number of nitrogens with zero attached hydrogens (tertiary/aromatic N) is 3. The number of nitriles is 1. The Bertz CT molecular complexity index is 1190. The van der Waals surface area contributed by atoms with Gasteiger partial charge in [0.15, 0.2) is 0 Å². The van der Waals surface area contributed by atoms with Crippen molar-refractivity contribution in [3.8, 4) is 17.5 Å². The smallest absolute Gasteiger partial charge is 0.116 e. The van der Waals surface area contributed by atoms with E-state index >= 15 is 0 Å². The summed E-state index contributed by atoms with van der Waals surface area (Å²) in [7, 11) is 0. The Hall–Kier alpha value is -3.14. The zero-order valence-electron chi connectivity index (χ0n) is 15.6. The van der Waals surface area contributed by atoms with Crippen LogP contribution in [0.5, 0.6) is 0 Å². The lowest BCUT2D eigenvalue weighted by Crippen LogP contribution is -2.22. The van der Waals surface area contributed by atoms with Gasteiger partial charge in [-0.15, -0.1) is 0 Å². The number of nitrogens with one attached hydrogen (secondary N) is 2. The molecule has 28 heavy (non-hydrogen) atoms. The molecule has 0 aliphatic carbocycles. The van der Waals surface area contributed by atoms with E-state index in [-0.39, 0.29) is 0 Å². The fourth-order valence-electron chi connectivity index (χ4n) is 4.20. The topological polar surface area (TPSA) is 97.5 Å². The van der Waals surface area contributed by atoms with Gasteiger partial charge < -0.3 is 10.7 Å². The minimum atomic E-state index is 0.628. The summed E-state index contributed by atoms with van der Waals surface area (Å²) in [6, 6.07) is 16.5. The van der Waals surface area contributed by atoms with Crippen molar-refractivity contribution in [2.75, 3.05) is 19.6 Å². The molecule has 4 aromatic rings. The van der Waals surface area contributed by atoms with Gasteiger partial charge in [-0.1, -0.05) is 12.1 Å². The number of likely N-dealkylation sites (tertiary alicyclic amines) is 1. The minimum absolute atomic E-state index is 0.628. The molecule has 6 heteroatoms. The van der Waals surface area contributed by atoms with Crippen LogP contribution in [0.1, 0.15) is 17.5 Å². The molecule has 0 bridgehead atoms. The Balaban J connectivity index is 1.45. The second kappa shape index (κ2) is 6.79. The summed E-state index contributed by atoms with van der Waals surface area (Å²) >= 11 is 0. The number of aromatic nitrogens is 3. The van der Waals surface area contributed by atoms with Crippen molar-refractivity contribution in [2.24, 2.45) is 11.7 Å². The zero-order chi connectivity index (χ0) is 19.1. The Morgan fingerprint density at radius 2 is 2.11 bits per heavy atom. The Morgan fingerprint density at radius 1 is 1.18 bits per heavy atom. The number of benzene rings is 2. The van der Waals surface area contributed by atoms with Gasteiger partial charge >= 0.3 is 0 Å². The van der Waals surface area contributed by atoms with Crippen LogP contribution in [-0.4, -0.2) is 39.7 Å². The molecule has 0 saturated carbocycles. The number of fused-ring (bicyclic) bond motifs is 2. The van der Waals surface area contributed by atoms with E-state index in [4.69, 9.17) is 11.0 Å². The van der Waals surface area contributed by atoms with Gasteiger partial charge in [-0.2, -0.15) is 10.4 Å². The van der Waals surface area contributed by atoms with E-state index in [1.54, 1.807) is 0 Å². The predicted octanol–water partition coefficient (Wildman–Crippen LogP) is 3.36. The summed E-state index contributed by atoms with van der Waals surface area (Å²) < 4.78 is 0. The molecule has 1 unspecified atom stereocenters. The number of H-pyrrole nitrogens is 2. The van der Waals surface area contributed by atoms with Crippen LogP contribution >= 0.6 is 0 Å². The van der Waals surface area contributed by atoms with E-state index < -0.39 is 0 Å². The summed E-state index contributed by atoms with van der Waals surface area (Å²) in [5, 5.41) is 18.8. The molecule has 2 aromatic heterocycles. The van der Waals surface area contributed by atoms with Crippen molar-refractivity contribution in [2.45, 2.75) is 13.0 Å². The van der Waals surface area contributed by atoms with Crippen LogP contribution in [0.4, 0.5) is 0 Å². The van der Waals surface area contributed by atoms with Crippen LogP contribution in [0.3, 0.4) is 0 Å². The first-order valence-corrected chi connectivity index (χ1v) is 9.66. The van der Waals surface area contributed by atoms with Gasteiger partial charge in [0.05, 0.1) is 22.8 Å². The summed E-state index contributed by atoms with van der Waals surface area (Å²) in [5.74, 6) is 0.635. The number of aromatic amines is 2. The van der Waals surface area contributed by atoms with E-state index in [1.165, 1.54) is 17.4 Å². The highest BCUT2D eigenvalue weighted by Gasteiger charge is 2.21. The van der Waals surface area contributed by atoms with Crippen LogP contribution in [0.25, 0.3) is 33.2 Å². The molecule has 6 nitrogen and oxygen atoms in total. The molecule has 5 rings (SSSR count). The van der Waals surface area contributed by atoms with E-state index in [2.05, 4.69) is 50.4 Å². The van der Waals surface area contributed by atoms with Gasteiger partial charge in [0, 0.05) is 29.4 Å². The molecule has 4 N–H and O–H groups in total. The van der Waals surface area contributed by atoms with Gasteiger partial charge in [0.1, 0.15) is 5.69 Å². The van der Waals surface area contributed by atoms with Crippen molar-refractivity contribution in [3.05, 3.63) is 53.6 Å². The first-order valence-electron chi connectivity index (χ1n) is 9.66. The molecule has 3 heterocycles. The maximum atomic E-state index is 9.07. The zero-order valence-corrected chi connectivity index (χ0v) is 15.6. The molecule has 1 aliphatic heterocycles. The molecule has 2 aromatic carbocycles. The van der Waals surface area contributed by atoms with Crippen molar-refractivity contribution in [3.63, 3.8) is 0 Å². The van der Waals surface area contributed by atoms with Crippen molar-refractivity contribution in [1.82, 2.24) is 20.1 Å². The van der Waals surface area contributed by atoms with E-state index in [9.17, 15) is 0 Å². The van der Waals surface area contributed by atoms with Crippen molar-refractivity contribution >= 4 is 21.8 Å². The lowest BCUT2D eigenvalue weighted by molar-refractivity contribution is 0.318. The lowest BCUT2D eigenvalue weighted by atomic mass is 10.1. The van der Waals surface area contributed by atoms with Gasteiger partial charge in [-0.3, -0.25) is 10.00 Å². The number of rotatable bonds is 4. The molecule has 0 spiro atoms. The second-order valence-electron chi connectivity index (χ2n) is 7.67. The molecule has 1 saturated heterocycles. The molecule has 0 amide bonds. The third-order valence-corrected chi connectivity index (χ3v) is 5.74. The normalized spacial score (nSPS) is 17.5. The van der Waals surface area contributed by atoms with Crippen LogP contribution in [0, 0.1) is 17.2 Å². The largest absolute Gasteiger partial charge is 0.353 e. The molecule has 1 aliphatic rings. The van der Waals surface area contributed by atoms with Crippen molar-refractivity contribution in [1.29, 1.82) is 5.26 Å². The predicted molar refractivity (Wildman–Crippen MR) is 111 cm³/mol. The number of hydrogen-bond donors (Lipinski definition) is 3. The highest BCUT2D eigenvalue weighted by molar-refractivity contribution is 5.96. The van der Waals surface area contributed by atoms with Crippen LogP contribution in [0.15, 0.2) is 42.5 Å². The van der Waals surface area contributed by atoms with Gasteiger partial charge in [0.2, 0.25) is 0 Å². The van der Waals surface area contributed by atoms with E-state index in [0.29, 0.717) is 11.5 Å². The van der Waals surface area contributed by atoms with Gasteiger partial charge in [-0.25, -0.2) is 0 Å².